The fourth-order valence-corrected chi connectivity index (χ4v) is 3.52. The van der Waals surface area contributed by atoms with Gasteiger partial charge in [0.15, 0.2) is 0 Å². The Morgan fingerprint density at radius 1 is 1.29 bits per heavy atom. The SMILES string of the molecule is CC1CC(C)CC(OC(=O)c2cc([N+](=O)[O-])ccc2I)C1. The Kier molecular flexibility index (Phi) is 5.18. The molecule has 2 rings (SSSR count). The molecule has 0 spiro atoms. The second kappa shape index (κ2) is 6.72. The topological polar surface area (TPSA) is 69.4 Å². The minimum Gasteiger partial charge on any atom is -0.459 e. The lowest BCUT2D eigenvalue weighted by atomic mass is 9.82. The summed E-state index contributed by atoms with van der Waals surface area (Å²) in [6, 6.07) is 4.25. The number of rotatable bonds is 3. The van der Waals surface area contributed by atoms with Crippen molar-refractivity contribution in [3.63, 3.8) is 0 Å². The van der Waals surface area contributed by atoms with Gasteiger partial charge in [-0.05, 0) is 59.8 Å². The highest BCUT2D eigenvalue weighted by atomic mass is 127. The lowest BCUT2D eigenvalue weighted by Gasteiger charge is -2.31. The third-order valence-electron chi connectivity index (χ3n) is 3.79. The molecule has 1 aromatic rings. The van der Waals surface area contributed by atoms with Gasteiger partial charge in [0, 0.05) is 15.7 Å². The van der Waals surface area contributed by atoms with Crippen LogP contribution in [0.15, 0.2) is 18.2 Å². The second-order valence-electron chi connectivity index (χ2n) is 5.87. The van der Waals surface area contributed by atoms with Crippen LogP contribution in [0.3, 0.4) is 0 Å². The van der Waals surface area contributed by atoms with E-state index in [0.29, 0.717) is 15.4 Å². The standard InChI is InChI=1S/C15H18INO4/c1-9-5-10(2)7-12(6-9)21-15(18)13-8-11(17(19)20)3-4-14(13)16/h3-4,8-10,12H,5-7H2,1-2H3. The normalized spacial score (nSPS) is 25.4. The Morgan fingerprint density at radius 2 is 1.90 bits per heavy atom. The van der Waals surface area contributed by atoms with Crippen LogP contribution in [0.2, 0.25) is 0 Å². The number of carbonyl (C=O) groups excluding carboxylic acids is 1. The highest BCUT2D eigenvalue weighted by Crippen LogP contribution is 2.31. The smallest absolute Gasteiger partial charge is 0.339 e. The van der Waals surface area contributed by atoms with E-state index in [1.165, 1.54) is 12.1 Å². The summed E-state index contributed by atoms with van der Waals surface area (Å²) in [6.07, 6.45) is 2.79. The van der Waals surface area contributed by atoms with Gasteiger partial charge in [-0.3, -0.25) is 10.1 Å². The monoisotopic (exact) mass is 403 g/mol. The number of hydrogen-bond acceptors (Lipinski definition) is 4. The third-order valence-corrected chi connectivity index (χ3v) is 4.73. The molecular formula is C15H18INO4. The molecule has 1 fully saturated rings. The van der Waals surface area contributed by atoms with Gasteiger partial charge >= 0.3 is 5.97 Å². The van der Waals surface area contributed by atoms with Gasteiger partial charge in [-0.15, -0.1) is 0 Å². The van der Waals surface area contributed by atoms with Crippen molar-refractivity contribution >= 4 is 34.2 Å². The van der Waals surface area contributed by atoms with Crippen LogP contribution in [0.1, 0.15) is 43.5 Å². The summed E-state index contributed by atoms with van der Waals surface area (Å²) in [5, 5.41) is 10.8. The summed E-state index contributed by atoms with van der Waals surface area (Å²) in [6.45, 7) is 4.32. The van der Waals surface area contributed by atoms with Crippen LogP contribution < -0.4 is 0 Å². The minimum absolute atomic E-state index is 0.0900. The summed E-state index contributed by atoms with van der Waals surface area (Å²) in [5.41, 5.74) is 0.184. The van der Waals surface area contributed by atoms with E-state index in [9.17, 15) is 14.9 Å². The first-order valence-electron chi connectivity index (χ1n) is 7.01. The number of non-ortho nitro benzene ring substituents is 1. The average molecular weight is 403 g/mol. The van der Waals surface area contributed by atoms with E-state index in [1.54, 1.807) is 6.07 Å². The summed E-state index contributed by atoms with van der Waals surface area (Å²) >= 11 is 1.99. The molecule has 0 N–H and O–H groups in total. The van der Waals surface area contributed by atoms with Crippen molar-refractivity contribution in [1.82, 2.24) is 0 Å². The number of nitro groups is 1. The van der Waals surface area contributed by atoms with Gasteiger partial charge in [0.1, 0.15) is 6.10 Å². The zero-order chi connectivity index (χ0) is 15.6. The molecule has 114 valence electrons. The Bertz CT molecular complexity index is 551. The van der Waals surface area contributed by atoms with Crippen molar-refractivity contribution in [2.45, 2.75) is 39.2 Å². The Balaban J connectivity index is 2.13. The van der Waals surface area contributed by atoms with Crippen LogP contribution >= 0.6 is 22.6 Å². The Hall–Kier alpha value is -1.18. The van der Waals surface area contributed by atoms with E-state index in [2.05, 4.69) is 13.8 Å². The van der Waals surface area contributed by atoms with Crippen molar-refractivity contribution in [1.29, 1.82) is 0 Å². The fraction of sp³-hybridized carbons (Fsp3) is 0.533. The summed E-state index contributed by atoms with van der Waals surface area (Å²) in [4.78, 5) is 22.6. The molecule has 0 bridgehead atoms. The second-order valence-corrected chi connectivity index (χ2v) is 7.03. The molecule has 0 heterocycles. The molecule has 21 heavy (non-hydrogen) atoms. The molecule has 2 unspecified atom stereocenters. The zero-order valence-corrected chi connectivity index (χ0v) is 14.2. The van der Waals surface area contributed by atoms with E-state index in [-0.39, 0.29) is 17.4 Å². The molecule has 0 radical (unpaired) electrons. The quantitative estimate of drug-likeness (QED) is 0.329. The van der Waals surface area contributed by atoms with Crippen LogP contribution in [-0.4, -0.2) is 17.0 Å². The van der Waals surface area contributed by atoms with Crippen molar-refractivity contribution in [3.05, 3.63) is 37.4 Å². The lowest BCUT2D eigenvalue weighted by Crippen LogP contribution is -2.28. The predicted molar refractivity (Wildman–Crippen MR) is 87.2 cm³/mol. The molecule has 0 saturated heterocycles. The van der Waals surface area contributed by atoms with Gasteiger partial charge in [-0.1, -0.05) is 13.8 Å². The number of nitro benzene ring substituents is 1. The number of halogens is 1. The van der Waals surface area contributed by atoms with Crippen LogP contribution in [-0.2, 0) is 4.74 Å². The molecule has 1 aromatic carbocycles. The van der Waals surface area contributed by atoms with Crippen molar-refractivity contribution in [2.75, 3.05) is 0 Å². The molecule has 0 aromatic heterocycles. The zero-order valence-electron chi connectivity index (χ0n) is 12.0. The van der Waals surface area contributed by atoms with E-state index < -0.39 is 10.9 Å². The Labute approximate surface area is 137 Å². The lowest BCUT2D eigenvalue weighted by molar-refractivity contribution is -0.384. The molecule has 5 nitrogen and oxygen atoms in total. The predicted octanol–water partition coefficient (Wildman–Crippen LogP) is 4.18. The molecule has 2 atom stereocenters. The summed E-state index contributed by atoms with van der Waals surface area (Å²) in [5.74, 6) is 0.612. The van der Waals surface area contributed by atoms with Crippen LogP contribution in [0.4, 0.5) is 5.69 Å². The molecule has 0 amide bonds. The van der Waals surface area contributed by atoms with E-state index in [1.807, 2.05) is 22.6 Å². The van der Waals surface area contributed by atoms with Crippen molar-refractivity contribution in [2.24, 2.45) is 11.8 Å². The molecule has 6 heteroatoms. The molecule has 1 saturated carbocycles. The van der Waals surface area contributed by atoms with Crippen LogP contribution in [0.25, 0.3) is 0 Å². The van der Waals surface area contributed by atoms with Gasteiger partial charge in [0.05, 0.1) is 10.5 Å². The molecule has 0 aliphatic heterocycles. The number of benzene rings is 1. The summed E-state index contributed by atoms with van der Waals surface area (Å²) in [7, 11) is 0. The number of carbonyl (C=O) groups is 1. The number of hydrogen-bond donors (Lipinski definition) is 0. The van der Waals surface area contributed by atoms with Gasteiger partial charge in [-0.25, -0.2) is 4.79 Å². The van der Waals surface area contributed by atoms with Crippen molar-refractivity contribution < 1.29 is 14.5 Å². The van der Waals surface area contributed by atoms with Gasteiger partial charge in [0.2, 0.25) is 0 Å². The molecule has 1 aliphatic carbocycles. The van der Waals surface area contributed by atoms with Crippen LogP contribution in [0, 0.1) is 25.5 Å². The maximum atomic E-state index is 12.3. The number of ether oxygens (including phenoxy) is 1. The third kappa shape index (κ3) is 4.15. The maximum absolute atomic E-state index is 12.3. The molecular weight excluding hydrogens is 385 g/mol. The molecule has 1 aliphatic rings. The van der Waals surface area contributed by atoms with Crippen LogP contribution in [0.5, 0.6) is 0 Å². The largest absolute Gasteiger partial charge is 0.459 e. The number of nitrogens with zero attached hydrogens (tertiary/aromatic N) is 1. The van der Waals surface area contributed by atoms with Crippen molar-refractivity contribution in [3.8, 4) is 0 Å². The first kappa shape index (κ1) is 16.2. The van der Waals surface area contributed by atoms with E-state index >= 15 is 0 Å². The van der Waals surface area contributed by atoms with E-state index in [4.69, 9.17) is 4.74 Å². The summed E-state index contributed by atoms with van der Waals surface area (Å²) < 4.78 is 6.23. The van der Waals surface area contributed by atoms with Gasteiger partial charge in [-0.2, -0.15) is 0 Å². The average Bonchev–Trinajstić information content (AvgIpc) is 2.37. The number of esters is 1. The highest BCUT2D eigenvalue weighted by molar-refractivity contribution is 14.1. The van der Waals surface area contributed by atoms with Gasteiger partial charge < -0.3 is 4.74 Å². The highest BCUT2D eigenvalue weighted by Gasteiger charge is 2.28. The Morgan fingerprint density at radius 3 is 2.48 bits per heavy atom. The fourth-order valence-electron chi connectivity index (χ4n) is 2.97. The minimum atomic E-state index is -0.502. The van der Waals surface area contributed by atoms with E-state index in [0.717, 1.165) is 19.3 Å². The van der Waals surface area contributed by atoms with Gasteiger partial charge in [0.25, 0.3) is 5.69 Å². The first-order valence-corrected chi connectivity index (χ1v) is 8.09. The first-order chi connectivity index (χ1) is 9.86. The maximum Gasteiger partial charge on any atom is 0.339 e.